The summed E-state index contributed by atoms with van der Waals surface area (Å²) in [6.45, 7) is 0. The zero-order valence-corrected chi connectivity index (χ0v) is 10.8. The van der Waals surface area contributed by atoms with Crippen LogP contribution in [-0.2, 0) is 17.1 Å². The van der Waals surface area contributed by atoms with Crippen molar-refractivity contribution in [3.63, 3.8) is 0 Å². The summed E-state index contributed by atoms with van der Waals surface area (Å²) in [4.78, 5) is 4.11. The van der Waals surface area contributed by atoms with Crippen LogP contribution in [0, 0.1) is 0 Å². The van der Waals surface area contributed by atoms with Crippen molar-refractivity contribution in [1.29, 1.82) is 0 Å². The van der Waals surface area contributed by atoms with E-state index in [0.717, 1.165) is 0 Å². The molecular formula is C10H13N5O2S. The van der Waals surface area contributed by atoms with Crippen molar-refractivity contribution in [2.45, 2.75) is 4.90 Å². The number of nitrogens with zero attached hydrogens (tertiary/aromatic N) is 3. The van der Waals surface area contributed by atoms with Crippen molar-refractivity contribution >= 4 is 21.5 Å². The first kappa shape index (κ1) is 12.4. The molecule has 0 amide bonds. The van der Waals surface area contributed by atoms with Gasteiger partial charge >= 0.3 is 0 Å². The third kappa shape index (κ3) is 2.59. The van der Waals surface area contributed by atoms with Gasteiger partial charge in [0.25, 0.3) is 10.0 Å². The van der Waals surface area contributed by atoms with Gasteiger partial charge in [-0.3, -0.25) is 9.40 Å². The molecule has 2 aromatic heterocycles. The number of rotatable bonds is 4. The van der Waals surface area contributed by atoms with Crippen molar-refractivity contribution < 1.29 is 8.42 Å². The molecule has 0 saturated carbocycles. The highest BCUT2D eigenvalue weighted by atomic mass is 32.2. The highest BCUT2D eigenvalue weighted by Crippen LogP contribution is 2.16. The molecule has 0 aliphatic heterocycles. The van der Waals surface area contributed by atoms with E-state index in [2.05, 4.69) is 20.1 Å². The van der Waals surface area contributed by atoms with E-state index < -0.39 is 10.0 Å². The number of sulfonamides is 1. The molecule has 0 spiro atoms. The maximum Gasteiger partial charge on any atom is 0.262 e. The third-order valence-electron chi connectivity index (χ3n) is 2.25. The van der Waals surface area contributed by atoms with Gasteiger partial charge in [0.2, 0.25) is 0 Å². The van der Waals surface area contributed by atoms with Crippen LogP contribution in [0.4, 0.5) is 11.5 Å². The number of hydrogen-bond acceptors (Lipinski definition) is 5. The molecular weight excluding hydrogens is 254 g/mol. The lowest BCUT2D eigenvalue weighted by Gasteiger charge is -2.06. The summed E-state index contributed by atoms with van der Waals surface area (Å²) in [7, 11) is -0.230. The monoisotopic (exact) mass is 267 g/mol. The van der Waals surface area contributed by atoms with Crippen molar-refractivity contribution in [3.8, 4) is 0 Å². The first-order chi connectivity index (χ1) is 8.51. The van der Waals surface area contributed by atoms with Crippen molar-refractivity contribution in [3.05, 3.63) is 30.7 Å². The van der Waals surface area contributed by atoms with Gasteiger partial charge in [-0.1, -0.05) is 0 Å². The molecule has 0 saturated heterocycles. The summed E-state index contributed by atoms with van der Waals surface area (Å²) in [5.74, 6) is 0.490. The second-order valence-corrected chi connectivity index (χ2v) is 5.32. The van der Waals surface area contributed by atoms with E-state index in [1.54, 1.807) is 20.3 Å². The Morgan fingerprint density at radius 2 is 2.17 bits per heavy atom. The van der Waals surface area contributed by atoms with Crippen LogP contribution in [0.5, 0.6) is 0 Å². The molecule has 8 heteroatoms. The van der Waals surface area contributed by atoms with Gasteiger partial charge in [0.1, 0.15) is 5.82 Å². The molecule has 2 rings (SSSR count). The lowest BCUT2D eigenvalue weighted by molar-refractivity contribution is 0.601. The summed E-state index contributed by atoms with van der Waals surface area (Å²) < 4.78 is 28.1. The maximum absolute atomic E-state index is 12.1. The van der Waals surface area contributed by atoms with E-state index in [4.69, 9.17) is 0 Å². The first-order valence-electron chi connectivity index (χ1n) is 5.16. The topological polar surface area (TPSA) is 88.9 Å². The van der Waals surface area contributed by atoms with Crippen LogP contribution in [0.2, 0.25) is 0 Å². The van der Waals surface area contributed by atoms with Gasteiger partial charge in [-0.25, -0.2) is 13.4 Å². The average molecular weight is 267 g/mol. The number of anilines is 2. The maximum atomic E-state index is 12.1. The standard InChI is InChI=1S/C10H13N5O2S/c1-11-10-5-9(3-4-12-10)18(16,17)14-8-6-13-15(2)7-8/h3-7,14H,1-2H3,(H,11,12). The fourth-order valence-corrected chi connectivity index (χ4v) is 2.44. The predicted molar refractivity (Wildman–Crippen MR) is 67.8 cm³/mol. The predicted octanol–water partition coefficient (Wildman–Crippen LogP) is 0.658. The van der Waals surface area contributed by atoms with E-state index in [1.165, 1.54) is 29.2 Å². The number of aromatic nitrogens is 3. The highest BCUT2D eigenvalue weighted by Gasteiger charge is 2.15. The molecule has 96 valence electrons. The van der Waals surface area contributed by atoms with Crippen LogP contribution in [0.3, 0.4) is 0 Å². The number of nitrogens with one attached hydrogen (secondary N) is 2. The minimum absolute atomic E-state index is 0.144. The molecule has 0 atom stereocenters. The molecule has 0 bridgehead atoms. The molecule has 18 heavy (non-hydrogen) atoms. The van der Waals surface area contributed by atoms with Crippen LogP contribution in [-0.4, -0.2) is 30.2 Å². The Morgan fingerprint density at radius 3 is 2.78 bits per heavy atom. The second-order valence-electron chi connectivity index (χ2n) is 3.63. The van der Waals surface area contributed by atoms with E-state index in [0.29, 0.717) is 11.5 Å². The molecule has 2 heterocycles. The smallest absolute Gasteiger partial charge is 0.262 e. The van der Waals surface area contributed by atoms with Crippen molar-refractivity contribution in [2.75, 3.05) is 17.1 Å². The molecule has 2 aromatic rings. The van der Waals surface area contributed by atoms with Crippen LogP contribution < -0.4 is 10.0 Å². The Kier molecular flexibility index (Phi) is 3.19. The van der Waals surface area contributed by atoms with Gasteiger partial charge in [0.15, 0.2) is 0 Å². The van der Waals surface area contributed by atoms with Crippen LogP contribution in [0.25, 0.3) is 0 Å². The Balaban J connectivity index is 2.30. The highest BCUT2D eigenvalue weighted by molar-refractivity contribution is 7.92. The summed E-state index contributed by atoms with van der Waals surface area (Å²) in [6, 6.07) is 2.89. The molecule has 0 aromatic carbocycles. The molecule has 0 aliphatic rings. The molecule has 0 aliphatic carbocycles. The Morgan fingerprint density at radius 1 is 1.39 bits per heavy atom. The average Bonchev–Trinajstić information content (AvgIpc) is 2.74. The number of pyridine rings is 1. The number of aryl methyl sites for hydroxylation is 1. The van der Waals surface area contributed by atoms with Gasteiger partial charge in [-0.15, -0.1) is 0 Å². The SMILES string of the molecule is CNc1cc(S(=O)(=O)Nc2cnn(C)c2)ccn1. The van der Waals surface area contributed by atoms with Crippen LogP contribution in [0.15, 0.2) is 35.6 Å². The van der Waals surface area contributed by atoms with E-state index in [-0.39, 0.29) is 4.90 Å². The Labute approximate surface area is 105 Å². The summed E-state index contributed by atoms with van der Waals surface area (Å²) in [5.41, 5.74) is 0.417. The largest absolute Gasteiger partial charge is 0.373 e. The summed E-state index contributed by atoms with van der Waals surface area (Å²) >= 11 is 0. The summed E-state index contributed by atoms with van der Waals surface area (Å²) in [6.07, 6.45) is 4.46. The van der Waals surface area contributed by atoms with E-state index in [9.17, 15) is 8.42 Å². The Hall–Kier alpha value is -2.09. The normalized spacial score (nSPS) is 11.2. The minimum atomic E-state index is -3.62. The fraction of sp³-hybridized carbons (Fsp3) is 0.200. The van der Waals surface area contributed by atoms with Crippen LogP contribution >= 0.6 is 0 Å². The van der Waals surface area contributed by atoms with Gasteiger partial charge in [0, 0.05) is 32.6 Å². The lowest BCUT2D eigenvalue weighted by atomic mass is 10.5. The van der Waals surface area contributed by atoms with Crippen molar-refractivity contribution in [2.24, 2.45) is 7.05 Å². The zero-order chi connectivity index (χ0) is 13.2. The molecule has 0 fully saturated rings. The summed E-state index contributed by atoms with van der Waals surface area (Å²) in [5, 5.41) is 6.68. The van der Waals surface area contributed by atoms with Crippen molar-refractivity contribution in [1.82, 2.24) is 14.8 Å². The van der Waals surface area contributed by atoms with E-state index in [1.807, 2.05) is 0 Å². The first-order valence-corrected chi connectivity index (χ1v) is 6.65. The minimum Gasteiger partial charge on any atom is -0.373 e. The molecule has 7 nitrogen and oxygen atoms in total. The van der Waals surface area contributed by atoms with Gasteiger partial charge in [0.05, 0.1) is 16.8 Å². The second kappa shape index (κ2) is 4.65. The third-order valence-corrected chi connectivity index (χ3v) is 3.63. The van der Waals surface area contributed by atoms with Gasteiger partial charge in [-0.05, 0) is 6.07 Å². The molecule has 0 unspecified atom stereocenters. The van der Waals surface area contributed by atoms with Gasteiger partial charge < -0.3 is 5.32 Å². The zero-order valence-electron chi connectivity index (χ0n) is 9.95. The number of hydrogen-bond donors (Lipinski definition) is 2. The lowest BCUT2D eigenvalue weighted by Crippen LogP contribution is -2.13. The molecule has 0 radical (unpaired) electrons. The van der Waals surface area contributed by atoms with E-state index >= 15 is 0 Å². The molecule has 2 N–H and O–H groups in total. The van der Waals surface area contributed by atoms with Crippen LogP contribution in [0.1, 0.15) is 0 Å². The Bertz CT molecular complexity index is 650. The fourth-order valence-electron chi connectivity index (χ4n) is 1.40. The quantitative estimate of drug-likeness (QED) is 0.849. The van der Waals surface area contributed by atoms with Gasteiger partial charge in [-0.2, -0.15) is 5.10 Å².